The number of rotatable bonds is 6. The number of nitrogens with one attached hydrogen (secondary N) is 1. The SMILES string of the molecule is C=C(C)[C@H]1CC(=O)[C@H](C)[C@H]1c1nc2c([nH]1)c(=O)n(CCC)c(=O)n2CCC. The lowest BCUT2D eigenvalue weighted by molar-refractivity contribution is -0.120. The molecule has 0 bridgehead atoms. The standard InChI is InChI=1S/C20H28N4O3/c1-6-8-23-18-16(19(26)24(9-7-2)20(23)27)21-17(22-18)15-12(5)14(25)10-13(15)11(3)4/h12-13,15H,3,6-10H2,1-2,4-5H3,(H,21,22)/t12-,13+,15+/m0/s1. The Hall–Kier alpha value is -2.44. The molecule has 2 heterocycles. The number of Topliss-reactive ketones (excluding diaryl/α,β-unsaturated/α-hetero) is 1. The summed E-state index contributed by atoms with van der Waals surface area (Å²) in [4.78, 5) is 45.8. The molecule has 3 atom stereocenters. The van der Waals surface area contributed by atoms with Gasteiger partial charge in [0.15, 0.2) is 5.65 Å². The topological polar surface area (TPSA) is 89.8 Å². The van der Waals surface area contributed by atoms with Crippen LogP contribution in [0, 0.1) is 11.8 Å². The molecular weight excluding hydrogens is 344 g/mol. The first-order valence-electron chi connectivity index (χ1n) is 9.73. The summed E-state index contributed by atoms with van der Waals surface area (Å²) in [6.07, 6.45) is 1.90. The molecule has 7 heteroatoms. The van der Waals surface area contributed by atoms with Gasteiger partial charge in [0.1, 0.15) is 17.1 Å². The van der Waals surface area contributed by atoms with Gasteiger partial charge in [-0.3, -0.25) is 18.7 Å². The minimum absolute atomic E-state index is 0.00252. The number of aromatic nitrogens is 4. The zero-order valence-corrected chi connectivity index (χ0v) is 16.5. The van der Waals surface area contributed by atoms with Crippen molar-refractivity contribution >= 4 is 16.9 Å². The number of H-pyrrole nitrogens is 1. The van der Waals surface area contributed by atoms with Crippen LogP contribution in [0.25, 0.3) is 11.2 Å². The van der Waals surface area contributed by atoms with Gasteiger partial charge in [-0.1, -0.05) is 32.9 Å². The van der Waals surface area contributed by atoms with Gasteiger partial charge in [0.25, 0.3) is 5.56 Å². The van der Waals surface area contributed by atoms with Crippen molar-refractivity contribution in [3.8, 4) is 0 Å². The van der Waals surface area contributed by atoms with Gasteiger partial charge in [0.2, 0.25) is 0 Å². The number of fused-ring (bicyclic) bond motifs is 1. The largest absolute Gasteiger partial charge is 0.336 e. The summed E-state index contributed by atoms with van der Waals surface area (Å²) in [6, 6.07) is 0. The van der Waals surface area contributed by atoms with Gasteiger partial charge in [-0.2, -0.15) is 0 Å². The van der Waals surface area contributed by atoms with Crippen LogP contribution in [-0.4, -0.2) is 24.9 Å². The average molecular weight is 372 g/mol. The van der Waals surface area contributed by atoms with E-state index in [9.17, 15) is 14.4 Å². The van der Waals surface area contributed by atoms with Crippen LogP contribution in [0.5, 0.6) is 0 Å². The minimum atomic E-state index is -0.341. The van der Waals surface area contributed by atoms with E-state index in [4.69, 9.17) is 0 Å². The molecule has 0 saturated heterocycles. The second-order valence-electron chi connectivity index (χ2n) is 7.65. The molecular formula is C20H28N4O3. The quantitative estimate of drug-likeness (QED) is 0.789. The van der Waals surface area contributed by atoms with Crippen molar-refractivity contribution in [3.05, 3.63) is 38.8 Å². The average Bonchev–Trinajstić information content (AvgIpc) is 3.18. The highest BCUT2D eigenvalue weighted by atomic mass is 16.2. The molecule has 1 fully saturated rings. The van der Waals surface area contributed by atoms with Crippen molar-refractivity contribution in [2.75, 3.05) is 0 Å². The van der Waals surface area contributed by atoms with Crippen molar-refractivity contribution in [1.29, 1.82) is 0 Å². The second kappa shape index (κ2) is 7.29. The van der Waals surface area contributed by atoms with Crippen molar-refractivity contribution < 1.29 is 4.79 Å². The van der Waals surface area contributed by atoms with Gasteiger partial charge in [-0.25, -0.2) is 9.78 Å². The third-order valence-electron chi connectivity index (χ3n) is 5.62. The Morgan fingerprint density at radius 1 is 1.19 bits per heavy atom. The molecule has 1 aliphatic carbocycles. The molecule has 27 heavy (non-hydrogen) atoms. The van der Waals surface area contributed by atoms with E-state index in [1.165, 1.54) is 4.57 Å². The van der Waals surface area contributed by atoms with Crippen molar-refractivity contribution in [3.63, 3.8) is 0 Å². The van der Waals surface area contributed by atoms with E-state index in [1.807, 2.05) is 27.7 Å². The Labute approximate surface area is 158 Å². The number of carbonyl (C=O) groups excluding carboxylic acids is 1. The molecule has 0 spiro atoms. The highest BCUT2D eigenvalue weighted by Gasteiger charge is 2.42. The summed E-state index contributed by atoms with van der Waals surface area (Å²) >= 11 is 0. The van der Waals surface area contributed by atoms with Crippen LogP contribution < -0.4 is 11.2 Å². The number of hydrogen-bond donors (Lipinski definition) is 1. The summed E-state index contributed by atoms with van der Waals surface area (Å²) < 4.78 is 2.85. The van der Waals surface area contributed by atoms with E-state index >= 15 is 0 Å². The van der Waals surface area contributed by atoms with Crippen LogP contribution in [0.15, 0.2) is 21.7 Å². The predicted molar refractivity (Wildman–Crippen MR) is 105 cm³/mol. The van der Waals surface area contributed by atoms with Crippen molar-refractivity contribution in [2.45, 2.75) is 66.0 Å². The van der Waals surface area contributed by atoms with E-state index in [0.29, 0.717) is 42.9 Å². The first-order valence-corrected chi connectivity index (χ1v) is 9.73. The summed E-state index contributed by atoms with van der Waals surface area (Å²) in [5.41, 5.74) is 1.01. The normalized spacial score (nSPS) is 22.7. The number of imidazole rings is 1. The maximum absolute atomic E-state index is 12.9. The first kappa shape index (κ1) is 19.3. The highest BCUT2D eigenvalue weighted by molar-refractivity contribution is 5.85. The molecule has 0 radical (unpaired) electrons. The lowest BCUT2D eigenvalue weighted by atomic mass is 9.86. The smallest absolute Gasteiger partial charge is 0.332 e. The zero-order valence-electron chi connectivity index (χ0n) is 16.5. The van der Waals surface area contributed by atoms with Gasteiger partial charge in [0.05, 0.1) is 0 Å². The fourth-order valence-corrected chi connectivity index (χ4v) is 4.17. The second-order valence-corrected chi connectivity index (χ2v) is 7.65. The number of allylic oxidation sites excluding steroid dienone is 1. The van der Waals surface area contributed by atoms with Crippen LogP contribution >= 0.6 is 0 Å². The maximum Gasteiger partial charge on any atom is 0.332 e. The molecule has 0 amide bonds. The molecule has 2 aromatic heterocycles. The number of aromatic amines is 1. The van der Waals surface area contributed by atoms with E-state index in [0.717, 1.165) is 12.0 Å². The van der Waals surface area contributed by atoms with Gasteiger partial charge in [0, 0.05) is 31.3 Å². The number of carbonyl (C=O) groups is 1. The third-order valence-corrected chi connectivity index (χ3v) is 5.62. The highest BCUT2D eigenvalue weighted by Crippen LogP contribution is 2.44. The Kier molecular flexibility index (Phi) is 5.22. The molecule has 0 unspecified atom stereocenters. The van der Waals surface area contributed by atoms with Gasteiger partial charge < -0.3 is 4.98 Å². The molecule has 0 aliphatic heterocycles. The zero-order chi connectivity index (χ0) is 19.9. The van der Waals surface area contributed by atoms with Crippen LogP contribution in [0.3, 0.4) is 0 Å². The van der Waals surface area contributed by atoms with E-state index in [-0.39, 0.29) is 34.8 Å². The maximum atomic E-state index is 12.9. The minimum Gasteiger partial charge on any atom is -0.336 e. The molecule has 7 nitrogen and oxygen atoms in total. The molecule has 1 N–H and O–H groups in total. The molecule has 0 aromatic carbocycles. The summed E-state index contributed by atoms with van der Waals surface area (Å²) in [5, 5.41) is 0. The van der Waals surface area contributed by atoms with Gasteiger partial charge >= 0.3 is 5.69 Å². The van der Waals surface area contributed by atoms with Gasteiger partial charge in [-0.05, 0) is 25.7 Å². The summed E-state index contributed by atoms with van der Waals surface area (Å²) in [6.45, 7) is 12.6. The molecule has 146 valence electrons. The fraction of sp³-hybridized carbons (Fsp3) is 0.600. The predicted octanol–water partition coefficient (Wildman–Crippen LogP) is 2.59. The van der Waals surface area contributed by atoms with Crippen LogP contribution in [0.4, 0.5) is 0 Å². The molecule has 2 aromatic rings. The Morgan fingerprint density at radius 2 is 1.81 bits per heavy atom. The Bertz CT molecular complexity index is 1010. The molecule has 1 saturated carbocycles. The van der Waals surface area contributed by atoms with E-state index in [2.05, 4.69) is 16.5 Å². The van der Waals surface area contributed by atoms with Crippen molar-refractivity contribution in [1.82, 2.24) is 19.1 Å². The summed E-state index contributed by atoms with van der Waals surface area (Å²) in [5.74, 6) is 0.440. The lowest BCUT2D eigenvalue weighted by Crippen LogP contribution is -2.40. The van der Waals surface area contributed by atoms with E-state index < -0.39 is 0 Å². The number of aryl methyl sites for hydroxylation is 1. The van der Waals surface area contributed by atoms with Crippen LogP contribution in [0.2, 0.25) is 0 Å². The molecule has 3 rings (SSSR count). The monoisotopic (exact) mass is 372 g/mol. The number of ketones is 1. The molecule has 1 aliphatic rings. The first-order chi connectivity index (χ1) is 12.8. The number of nitrogens with zero attached hydrogens (tertiary/aromatic N) is 3. The fourth-order valence-electron chi connectivity index (χ4n) is 4.17. The number of hydrogen-bond acceptors (Lipinski definition) is 4. The van der Waals surface area contributed by atoms with E-state index in [1.54, 1.807) is 4.57 Å². The van der Waals surface area contributed by atoms with Gasteiger partial charge in [-0.15, -0.1) is 0 Å². The van der Waals surface area contributed by atoms with Crippen molar-refractivity contribution in [2.24, 2.45) is 11.8 Å². The Balaban J connectivity index is 2.25. The lowest BCUT2D eigenvalue weighted by Gasteiger charge is -2.19. The summed E-state index contributed by atoms with van der Waals surface area (Å²) in [7, 11) is 0. The van der Waals surface area contributed by atoms with Crippen LogP contribution in [-0.2, 0) is 17.9 Å². The third kappa shape index (κ3) is 3.09. The van der Waals surface area contributed by atoms with Crippen LogP contribution in [0.1, 0.15) is 58.7 Å². The Morgan fingerprint density at radius 3 is 2.41 bits per heavy atom.